The molecule has 0 aromatic carbocycles. The summed E-state index contributed by atoms with van der Waals surface area (Å²) in [5.41, 5.74) is 0.764. The van der Waals surface area contributed by atoms with Crippen molar-refractivity contribution in [3.8, 4) is 6.07 Å². The molecule has 2 N–H and O–H groups in total. The zero-order chi connectivity index (χ0) is 15.0. The summed E-state index contributed by atoms with van der Waals surface area (Å²) >= 11 is 0. The fourth-order valence-corrected chi connectivity index (χ4v) is 1.39. The number of alkyl carbamates (subject to hydrolysis) is 1. The molecule has 6 nitrogen and oxygen atoms in total. The molecule has 108 valence electrons. The van der Waals surface area contributed by atoms with Gasteiger partial charge in [0.1, 0.15) is 17.4 Å². The van der Waals surface area contributed by atoms with Gasteiger partial charge in [-0.1, -0.05) is 0 Å². The lowest BCUT2D eigenvalue weighted by Gasteiger charge is -2.19. The number of rotatable bonds is 5. The van der Waals surface area contributed by atoms with Gasteiger partial charge in [-0.05, 0) is 39.3 Å². The lowest BCUT2D eigenvalue weighted by Crippen LogP contribution is -2.33. The molecule has 0 radical (unpaired) electrons. The van der Waals surface area contributed by atoms with Crippen molar-refractivity contribution in [2.45, 2.75) is 32.8 Å². The average molecular weight is 276 g/mol. The summed E-state index contributed by atoms with van der Waals surface area (Å²) in [6, 6.07) is 5.41. The first-order valence-electron chi connectivity index (χ1n) is 6.47. The Morgan fingerprint density at radius 3 is 2.70 bits per heavy atom. The summed E-state index contributed by atoms with van der Waals surface area (Å²) < 4.78 is 5.12. The third kappa shape index (κ3) is 6.59. The second-order valence-corrected chi connectivity index (χ2v) is 5.25. The van der Waals surface area contributed by atoms with Crippen LogP contribution in [0.2, 0.25) is 0 Å². The maximum absolute atomic E-state index is 11.4. The van der Waals surface area contributed by atoms with E-state index in [1.165, 1.54) is 0 Å². The minimum atomic E-state index is -0.476. The van der Waals surface area contributed by atoms with Gasteiger partial charge < -0.3 is 15.4 Å². The summed E-state index contributed by atoms with van der Waals surface area (Å²) in [5, 5.41) is 14.5. The minimum Gasteiger partial charge on any atom is -0.444 e. The zero-order valence-electron chi connectivity index (χ0n) is 12.1. The van der Waals surface area contributed by atoms with Crippen LogP contribution in [0.25, 0.3) is 0 Å². The Bertz CT molecular complexity index is 471. The summed E-state index contributed by atoms with van der Waals surface area (Å²) in [4.78, 5) is 15.3. The van der Waals surface area contributed by atoms with Crippen LogP contribution in [-0.4, -0.2) is 29.8 Å². The van der Waals surface area contributed by atoms with E-state index >= 15 is 0 Å². The van der Waals surface area contributed by atoms with Gasteiger partial charge in [-0.15, -0.1) is 0 Å². The van der Waals surface area contributed by atoms with Crippen molar-refractivity contribution in [2.24, 2.45) is 0 Å². The fourth-order valence-electron chi connectivity index (χ4n) is 1.39. The van der Waals surface area contributed by atoms with Crippen molar-refractivity contribution in [1.82, 2.24) is 10.3 Å². The molecule has 1 amide bonds. The summed E-state index contributed by atoms with van der Waals surface area (Å²) in [6.07, 6.45) is 1.97. The number of carbonyl (C=O) groups is 1. The highest BCUT2D eigenvalue weighted by Crippen LogP contribution is 2.07. The Morgan fingerprint density at radius 1 is 1.40 bits per heavy atom. The monoisotopic (exact) mass is 276 g/mol. The van der Waals surface area contributed by atoms with Gasteiger partial charge in [0.2, 0.25) is 0 Å². The summed E-state index contributed by atoms with van der Waals surface area (Å²) in [7, 11) is 0. The molecule has 20 heavy (non-hydrogen) atoms. The highest BCUT2D eigenvalue weighted by atomic mass is 16.6. The number of carbonyl (C=O) groups excluding carboxylic acids is 1. The third-order valence-electron chi connectivity index (χ3n) is 2.23. The largest absolute Gasteiger partial charge is 0.444 e. The number of nitrogens with zero attached hydrogens (tertiary/aromatic N) is 2. The molecule has 0 aliphatic heterocycles. The fraction of sp³-hybridized carbons (Fsp3) is 0.500. The van der Waals surface area contributed by atoms with Crippen LogP contribution in [0.3, 0.4) is 0 Å². The molecular weight excluding hydrogens is 256 g/mol. The molecule has 1 heterocycles. The van der Waals surface area contributed by atoms with E-state index in [1.54, 1.807) is 18.3 Å². The molecule has 0 atom stereocenters. The van der Waals surface area contributed by atoms with E-state index in [0.717, 1.165) is 12.1 Å². The minimum absolute atomic E-state index is 0.391. The molecule has 0 aliphatic rings. The van der Waals surface area contributed by atoms with Crippen molar-refractivity contribution >= 4 is 11.8 Å². The second kappa shape index (κ2) is 7.34. The van der Waals surface area contributed by atoms with Crippen molar-refractivity contribution in [3.05, 3.63) is 24.0 Å². The van der Waals surface area contributed by atoms with Crippen LogP contribution in [-0.2, 0) is 4.74 Å². The third-order valence-corrected chi connectivity index (χ3v) is 2.23. The Balaban J connectivity index is 2.16. The molecule has 0 unspecified atom stereocenters. The molecule has 0 bridgehead atoms. The topological polar surface area (TPSA) is 87.0 Å². The normalized spacial score (nSPS) is 10.5. The van der Waals surface area contributed by atoms with Gasteiger partial charge in [-0.25, -0.2) is 9.78 Å². The number of hydrogen-bond donors (Lipinski definition) is 2. The zero-order valence-corrected chi connectivity index (χ0v) is 12.1. The molecular formula is C14H20N4O2. The molecule has 0 saturated carbocycles. The van der Waals surface area contributed by atoms with Gasteiger partial charge in [0.25, 0.3) is 0 Å². The number of aromatic nitrogens is 1. The predicted octanol–water partition coefficient (Wildman–Crippen LogP) is 2.28. The van der Waals surface area contributed by atoms with E-state index < -0.39 is 11.7 Å². The number of pyridine rings is 1. The molecule has 0 aliphatic carbocycles. The number of amides is 1. The summed E-state index contributed by atoms with van der Waals surface area (Å²) in [5.74, 6) is 0. The van der Waals surface area contributed by atoms with E-state index in [4.69, 9.17) is 10.00 Å². The Hall–Kier alpha value is -2.29. The Labute approximate surface area is 119 Å². The van der Waals surface area contributed by atoms with Crippen LogP contribution >= 0.6 is 0 Å². The van der Waals surface area contributed by atoms with Gasteiger partial charge in [-0.2, -0.15) is 5.26 Å². The van der Waals surface area contributed by atoms with E-state index in [-0.39, 0.29) is 0 Å². The molecule has 1 rings (SSSR count). The van der Waals surface area contributed by atoms with Crippen LogP contribution in [0.5, 0.6) is 0 Å². The van der Waals surface area contributed by atoms with Gasteiger partial charge in [0, 0.05) is 13.1 Å². The molecule has 0 fully saturated rings. The van der Waals surface area contributed by atoms with Crippen LogP contribution in [0.4, 0.5) is 10.5 Å². The van der Waals surface area contributed by atoms with Crippen molar-refractivity contribution < 1.29 is 9.53 Å². The SMILES string of the molecule is CC(C)(C)OC(=O)NCCCNc1ccc(C#N)nc1. The van der Waals surface area contributed by atoms with Crippen LogP contribution in [0, 0.1) is 11.3 Å². The van der Waals surface area contributed by atoms with Crippen molar-refractivity contribution in [1.29, 1.82) is 5.26 Å². The lowest BCUT2D eigenvalue weighted by atomic mass is 10.2. The number of hydrogen-bond acceptors (Lipinski definition) is 5. The van der Waals surface area contributed by atoms with Crippen molar-refractivity contribution in [3.63, 3.8) is 0 Å². The average Bonchev–Trinajstić information content (AvgIpc) is 2.37. The first-order valence-corrected chi connectivity index (χ1v) is 6.47. The van der Waals surface area contributed by atoms with E-state index in [1.807, 2.05) is 26.8 Å². The Kier molecular flexibility index (Phi) is 5.78. The maximum Gasteiger partial charge on any atom is 0.407 e. The number of ether oxygens (including phenoxy) is 1. The summed E-state index contributed by atoms with van der Waals surface area (Å²) in [6.45, 7) is 6.71. The van der Waals surface area contributed by atoms with E-state index in [9.17, 15) is 4.79 Å². The van der Waals surface area contributed by atoms with Gasteiger partial charge in [0.05, 0.1) is 11.9 Å². The standard InChI is InChI=1S/C14H20N4O2/c1-14(2,3)20-13(19)17-8-4-7-16-12-6-5-11(9-15)18-10-12/h5-6,10,16H,4,7-8H2,1-3H3,(H,17,19). The molecule has 1 aromatic heterocycles. The second-order valence-electron chi connectivity index (χ2n) is 5.25. The number of nitrogens with one attached hydrogen (secondary N) is 2. The predicted molar refractivity (Wildman–Crippen MR) is 76.3 cm³/mol. The van der Waals surface area contributed by atoms with Crippen LogP contribution in [0.15, 0.2) is 18.3 Å². The highest BCUT2D eigenvalue weighted by Gasteiger charge is 2.15. The molecule has 1 aromatic rings. The first-order chi connectivity index (χ1) is 9.40. The highest BCUT2D eigenvalue weighted by molar-refractivity contribution is 5.67. The first kappa shape index (κ1) is 15.8. The van der Waals surface area contributed by atoms with E-state index in [0.29, 0.717) is 18.8 Å². The molecule has 0 saturated heterocycles. The molecule has 0 spiro atoms. The van der Waals surface area contributed by atoms with Gasteiger partial charge in [0.15, 0.2) is 0 Å². The van der Waals surface area contributed by atoms with Crippen LogP contribution in [0.1, 0.15) is 32.9 Å². The number of anilines is 1. The van der Waals surface area contributed by atoms with Crippen molar-refractivity contribution in [2.75, 3.05) is 18.4 Å². The maximum atomic E-state index is 11.4. The Morgan fingerprint density at radius 2 is 2.15 bits per heavy atom. The molecule has 6 heteroatoms. The smallest absolute Gasteiger partial charge is 0.407 e. The van der Waals surface area contributed by atoms with Gasteiger partial charge in [-0.3, -0.25) is 0 Å². The van der Waals surface area contributed by atoms with Crippen LogP contribution < -0.4 is 10.6 Å². The number of nitriles is 1. The lowest BCUT2D eigenvalue weighted by molar-refractivity contribution is 0.0528. The van der Waals surface area contributed by atoms with Gasteiger partial charge >= 0.3 is 6.09 Å². The quantitative estimate of drug-likeness (QED) is 0.806. The van der Waals surface area contributed by atoms with E-state index in [2.05, 4.69) is 15.6 Å².